The summed E-state index contributed by atoms with van der Waals surface area (Å²) in [4.78, 5) is 2.71. The Balaban J connectivity index is 2.74. The number of unbranched alkanes of at least 4 members (excludes halogenated alkanes) is 1. The molecule has 0 heterocycles. The van der Waals surface area contributed by atoms with Gasteiger partial charge in [-0.3, -0.25) is 4.90 Å². The van der Waals surface area contributed by atoms with E-state index in [9.17, 15) is 5.11 Å². The van der Waals surface area contributed by atoms with E-state index in [4.69, 9.17) is 0 Å². The molecule has 0 saturated heterocycles. The van der Waals surface area contributed by atoms with Crippen molar-refractivity contribution in [3.05, 3.63) is 0 Å². The molecule has 0 amide bonds. The van der Waals surface area contributed by atoms with Gasteiger partial charge in [-0.25, -0.2) is 0 Å². The summed E-state index contributed by atoms with van der Waals surface area (Å²) >= 11 is 0. The molecule has 3 heteroatoms. The molecule has 1 fully saturated rings. The number of aliphatic hydroxyl groups is 1. The predicted molar refractivity (Wildman–Crippen MR) is 87.1 cm³/mol. The van der Waals surface area contributed by atoms with Crippen molar-refractivity contribution in [3.63, 3.8) is 0 Å². The van der Waals surface area contributed by atoms with Gasteiger partial charge in [0.2, 0.25) is 0 Å². The Morgan fingerprint density at radius 1 is 1.35 bits per heavy atom. The van der Waals surface area contributed by atoms with Crippen molar-refractivity contribution in [2.45, 2.75) is 90.3 Å². The molecule has 3 atom stereocenters. The molecule has 0 bridgehead atoms. The van der Waals surface area contributed by atoms with E-state index in [-0.39, 0.29) is 12.1 Å². The summed E-state index contributed by atoms with van der Waals surface area (Å²) < 4.78 is 0. The molecule has 1 aliphatic carbocycles. The third-order valence-corrected chi connectivity index (χ3v) is 5.07. The quantitative estimate of drug-likeness (QED) is 0.682. The molecule has 20 heavy (non-hydrogen) atoms. The lowest BCUT2D eigenvalue weighted by molar-refractivity contribution is 0.0408. The van der Waals surface area contributed by atoms with Crippen LogP contribution < -0.4 is 5.32 Å². The molecule has 0 aromatic carbocycles. The van der Waals surface area contributed by atoms with Crippen molar-refractivity contribution >= 4 is 0 Å². The van der Waals surface area contributed by atoms with Gasteiger partial charge in [-0.15, -0.1) is 0 Å². The van der Waals surface area contributed by atoms with Crippen LogP contribution in [-0.4, -0.2) is 47.3 Å². The molecule has 120 valence electrons. The van der Waals surface area contributed by atoms with E-state index >= 15 is 0 Å². The number of nitrogens with zero attached hydrogens (tertiary/aromatic N) is 1. The largest absolute Gasteiger partial charge is 0.394 e. The molecule has 3 unspecified atom stereocenters. The first-order valence-corrected chi connectivity index (χ1v) is 8.74. The van der Waals surface area contributed by atoms with E-state index < -0.39 is 0 Å². The van der Waals surface area contributed by atoms with E-state index in [2.05, 4.69) is 37.9 Å². The fraction of sp³-hybridized carbons (Fsp3) is 1.00. The zero-order valence-electron chi connectivity index (χ0n) is 14.1. The molecule has 0 radical (unpaired) electrons. The first-order chi connectivity index (χ1) is 9.62. The zero-order valence-corrected chi connectivity index (χ0v) is 14.1. The molecule has 0 aromatic heterocycles. The third kappa shape index (κ3) is 4.71. The Hall–Kier alpha value is -0.120. The number of nitrogens with one attached hydrogen (secondary N) is 1. The van der Waals surface area contributed by atoms with Crippen molar-refractivity contribution in [1.29, 1.82) is 0 Å². The second-order valence-electron chi connectivity index (χ2n) is 6.57. The molecule has 2 N–H and O–H groups in total. The Morgan fingerprint density at radius 2 is 2.10 bits per heavy atom. The predicted octanol–water partition coefficient (Wildman–Crippen LogP) is 3.17. The van der Waals surface area contributed by atoms with Crippen molar-refractivity contribution in [3.8, 4) is 0 Å². The lowest BCUT2D eigenvalue weighted by atomic mass is 9.78. The van der Waals surface area contributed by atoms with Crippen LogP contribution in [0.5, 0.6) is 0 Å². The summed E-state index contributed by atoms with van der Waals surface area (Å²) in [6.45, 7) is 11.5. The van der Waals surface area contributed by atoms with Crippen LogP contribution in [0.2, 0.25) is 0 Å². The highest BCUT2D eigenvalue weighted by molar-refractivity contribution is 4.97. The van der Waals surface area contributed by atoms with Gasteiger partial charge in [0.1, 0.15) is 0 Å². The number of likely N-dealkylation sites (N-methyl/N-ethyl adjacent to an activating group) is 1. The van der Waals surface area contributed by atoms with E-state index in [1.54, 1.807) is 0 Å². The SMILES string of the molecule is CCCCN(C(C)CC)C1CCCC(CO)(NCC)C1. The van der Waals surface area contributed by atoms with Gasteiger partial charge >= 0.3 is 0 Å². The average Bonchev–Trinajstić information content (AvgIpc) is 2.48. The minimum absolute atomic E-state index is 0.0322. The number of rotatable bonds is 9. The molecule has 3 nitrogen and oxygen atoms in total. The van der Waals surface area contributed by atoms with Crippen LogP contribution in [0.1, 0.15) is 72.6 Å². The Kier molecular flexibility index (Phi) is 8.08. The van der Waals surface area contributed by atoms with Gasteiger partial charge in [-0.1, -0.05) is 27.2 Å². The van der Waals surface area contributed by atoms with E-state index in [0.29, 0.717) is 12.1 Å². The summed E-state index contributed by atoms with van der Waals surface area (Å²) in [6, 6.07) is 1.29. The minimum Gasteiger partial charge on any atom is -0.394 e. The fourth-order valence-corrected chi connectivity index (χ4v) is 3.69. The van der Waals surface area contributed by atoms with Crippen molar-refractivity contribution in [2.24, 2.45) is 0 Å². The Labute approximate surface area is 126 Å². The van der Waals surface area contributed by atoms with Crippen LogP contribution in [0.25, 0.3) is 0 Å². The average molecular weight is 284 g/mol. The number of aliphatic hydroxyl groups excluding tert-OH is 1. The van der Waals surface area contributed by atoms with Crippen LogP contribution >= 0.6 is 0 Å². The number of hydrogen-bond acceptors (Lipinski definition) is 3. The van der Waals surface area contributed by atoms with Crippen LogP contribution in [0.4, 0.5) is 0 Å². The molecule has 1 rings (SSSR count). The normalized spacial score (nSPS) is 28.8. The maximum Gasteiger partial charge on any atom is 0.0613 e. The third-order valence-electron chi connectivity index (χ3n) is 5.07. The molecule has 0 spiro atoms. The summed E-state index contributed by atoms with van der Waals surface area (Å²) in [7, 11) is 0. The maximum atomic E-state index is 9.86. The number of hydrogen-bond donors (Lipinski definition) is 2. The summed E-state index contributed by atoms with van der Waals surface area (Å²) in [6.07, 6.45) is 8.51. The van der Waals surface area contributed by atoms with Gasteiger partial charge in [0, 0.05) is 17.6 Å². The van der Waals surface area contributed by atoms with Crippen molar-refractivity contribution < 1.29 is 5.11 Å². The minimum atomic E-state index is -0.0322. The highest BCUT2D eigenvalue weighted by Crippen LogP contribution is 2.32. The van der Waals surface area contributed by atoms with Crippen LogP contribution in [0.3, 0.4) is 0 Å². The lowest BCUT2D eigenvalue weighted by Gasteiger charge is -2.46. The summed E-state index contributed by atoms with van der Waals surface area (Å²) in [5.74, 6) is 0. The van der Waals surface area contributed by atoms with E-state index in [0.717, 1.165) is 19.4 Å². The second-order valence-corrected chi connectivity index (χ2v) is 6.57. The van der Waals surface area contributed by atoms with Gasteiger partial charge in [0.05, 0.1) is 6.61 Å². The fourth-order valence-electron chi connectivity index (χ4n) is 3.69. The Morgan fingerprint density at radius 3 is 2.65 bits per heavy atom. The highest BCUT2D eigenvalue weighted by atomic mass is 16.3. The first-order valence-electron chi connectivity index (χ1n) is 8.74. The van der Waals surface area contributed by atoms with Crippen LogP contribution in [0.15, 0.2) is 0 Å². The first kappa shape index (κ1) is 17.9. The van der Waals surface area contributed by atoms with Crippen LogP contribution in [-0.2, 0) is 0 Å². The maximum absolute atomic E-state index is 9.86. The molecule has 0 aliphatic heterocycles. The second kappa shape index (κ2) is 9.01. The van der Waals surface area contributed by atoms with E-state index in [1.807, 2.05) is 0 Å². The van der Waals surface area contributed by atoms with Gasteiger partial charge in [-0.2, -0.15) is 0 Å². The standard InChI is InChI=1S/C17H36N2O/c1-5-8-12-19(15(4)6-2)16-10-9-11-17(13-16,14-20)18-7-3/h15-16,18,20H,5-14H2,1-4H3. The molecule has 0 aromatic rings. The Bertz CT molecular complexity index is 255. The van der Waals surface area contributed by atoms with Crippen molar-refractivity contribution in [2.75, 3.05) is 19.7 Å². The van der Waals surface area contributed by atoms with Crippen molar-refractivity contribution in [1.82, 2.24) is 10.2 Å². The van der Waals surface area contributed by atoms with Gasteiger partial charge in [0.15, 0.2) is 0 Å². The smallest absolute Gasteiger partial charge is 0.0613 e. The van der Waals surface area contributed by atoms with Crippen LogP contribution in [0, 0.1) is 0 Å². The lowest BCUT2D eigenvalue weighted by Crippen LogP contribution is -2.57. The summed E-state index contributed by atoms with van der Waals surface area (Å²) in [5.41, 5.74) is -0.0322. The molecule has 1 aliphatic rings. The molecule has 1 saturated carbocycles. The monoisotopic (exact) mass is 284 g/mol. The van der Waals surface area contributed by atoms with Gasteiger partial charge in [0.25, 0.3) is 0 Å². The highest BCUT2D eigenvalue weighted by Gasteiger charge is 2.37. The molecular weight excluding hydrogens is 248 g/mol. The van der Waals surface area contributed by atoms with Gasteiger partial charge in [-0.05, 0) is 58.5 Å². The topological polar surface area (TPSA) is 35.5 Å². The van der Waals surface area contributed by atoms with Gasteiger partial charge < -0.3 is 10.4 Å². The van der Waals surface area contributed by atoms with E-state index in [1.165, 1.54) is 38.6 Å². The molecular formula is C17H36N2O. The zero-order chi connectivity index (χ0) is 15.0. The summed E-state index contributed by atoms with van der Waals surface area (Å²) in [5, 5.41) is 13.4.